The third kappa shape index (κ3) is 2.98. The number of benzene rings is 3. The Morgan fingerprint density at radius 1 is 0.947 bits per heavy atom. The molecule has 1 aliphatic carbocycles. The van der Waals surface area contributed by atoms with Gasteiger partial charge in [0.25, 0.3) is 5.69 Å². The van der Waals surface area contributed by atoms with Crippen LogP contribution >= 0.6 is 11.6 Å². The molecule has 0 unspecified atom stereocenters. The van der Waals surface area contributed by atoms with Gasteiger partial charge in [-0.2, -0.15) is 0 Å². The van der Waals surface area contributed by atoms with Crippen LogP contribution in [0.15, 0.2) is 66.7 Å². The predicted octanol–water partition coefficient (Wildman–Crippen LogP) is 3.95. The highest BCUT2D eigenvalue weighted by atomic mass is 35.5. The van der Waals surface area contributed by atoms with E-state index in [-0.39, 0.29) is 33.3 Å². The van der Waals surface area contributed by atoms with Gasteiger partial charge in [-0.1, -0.05) is 54.1 Å². The van der Waals surface area contributed by atoms with Crippen molar-refractivity contribution in [3.05, 3.63) is 98.6 Å². The molecule has 6 rings (SSSR count). The van der Waals surface area contributed by atoms with E-state index in [1.807, 2.05) is 0 Å². The van der Waals surface area contributed by atoms with Gasteiger partial charge >= 0.3 is 0 Å². The smallest absolute Gasteiger partial charge is 0.273 e. The van der Waals surface area contributed by atoms with E-state index in [4.69, 9.17) is 21.1 Å². The number of non-ortho nitro benzene ring substituents is 1. The molecule has 0 N–H and O–H groups in total. The van der Waals surface area contributed by atoms with Gasteiger partial charge < -0.3 is 9.47 Å². The number of nitro groups is 1. The fraction of sp³-hybridized carbons (Fsp3) is 0.185. The monoisotopic (exact) mass is 532 g/mol. The van der Waals surface area contributed by atoms with E-state index in [2.05, 4.69) is 0 Å². The quantitative estimate of drug-likeness (QED) is 0.213. The number of nitrogens with zero attached hydrogens (tertiary/aromatic N) is 2. The Morgan fingerprint density at radius 2 is 1.58 bits per heavy atom. The van der Waals surface area contributed by atoms with E-state index in [9.17, 15) is 29.3 Å². The van der Waals surface area contributed by atoms with Gasteiger partial charge in [0.1, 0.15) is 5.75 Å². The van der Waals surface area contributed by atoms with Crippen LogP contribution in [0.25, 0.3) is 0 Å². The molecule has 0 saturated carbocycles. The summed E-state index contributed by atoms with van der Waals surface area (Å²) in [5, 5.41) is 11.5. The number of ketones is 2. The highest BCUT2D eigenvalue weighted by Gasteiger charge is 2.75. The van der Waals surface area contributed by atoms with Crippen LogP contribution in [0.1, 0.15) is 32.4 Å². The average molecular weight is 533 g/mol. The van der Waals surface area contributed by atoms with Crippen molar-refractivity contribution >= 4 is 46.4 Å². The maximum Gasteiger partial charge on any atom is 0.273 e. The molecule has 38 heavy (non-hydrogen) atoms. The van der Waals surface area contributed by atoms with Gasteiger partial charge in [0, 0.05) is 27.8 Å². The number of methoxy groups -OCH3 is 1. The zero-order valence-corrected chi connectivity index (χ0v) is 20.4. The first-order valence-corrected chi connectivity index (χ1v) is 11.9. The number of nitro benzene ring substituents is 1. The Bertz CT molecular complexity index is 1570. The lowest BCUT2D eigenvalue weighted by Gasteiger charge is -2.27. The summed E-state index contributed by atoms with van der Waals surface area (Å²) in [4.78, 5) is 67.1. The van der Waals surface area contributed by atoms with Crippen molar-refractivity contribution in [2.24, 2.45) is 11.8 Å². The standard InChI is InChI=1S/C27H17ClN2O8/c1-37-19-12-13(30(35)36)10-11-18(19)29-25(33)20-21(26(29)34)27(38-22(20)16-8-4-5-9-17(16)28)23(31)14-6-2-3-7-15(14)24(27)32/h2-12,20-22H,1H3/t20-,21+,22+/m0/s1. The molecule has 190 valence electrons. The lowest BCUT2D eigenvalue weighted by molar-refractivity contribution is -0.384. The molecular weight excluding hydrogens is 516 g/mol. The molecule has 2 fully saturated rings. The molecule has 0 radical (unpaired) electrons. The topological polar surface area (TPSA) is 133 Å². The molecule has 11 heteroatoms. The van der Waals surface area contributed by atoms with Crippen LogP contribution in [0, 0.1) is 22.0 Å². The van der Waals surface area contributed by atoms with Crippen molar-refractivity contribution in [1.29, 1.82) is 0 Å². The van der Waals surface area contributed by atoms with Crippen LogP contribution in [-0.4, -0.2) is 41.0 Å². The summed E-state index contributed by atoms with van der Waals surface area (Å²) >= 11 is 6.44. The fourth-order valence-corrected chi connectivity index (χ4v) is 5.95. The van der Waals surface area contributed by atoms with Crippen molar-refractivity contribution in [3.8, 4) is 5.75 Å². The summed E-state index contributed by atoms with van der Waals surface area (Å²) in [5.41, 5.74) is -2.09. The van der Waals surface area contributed by atoms with Crippen LogP contribution < -0.4 is 9.64 Å². The molecule has 2 amide bonds. The zero-order valence-electron chi connectivity index (χ0n) is 19.6. The number of rotatable bonds is 4. The first-order chi connectivity index (χ1) is 18.2. The van der Waals surface area contributed by atoms with Crippen molar-refractivity contribution < 1.29 is 33.6 Å². The third-order valence-electron chi connectivity index (χ3n) is 7.35. The van der Waals surface area contributed by atoms with Crippen LogP contribution in [-0.2, 0) is 14.3 Å². The van der Waals surface area contributed by atoms with E-state index in [0.717, 1.165) is 17.0 Å². The maximum absolute atomic E-state index is 14.0. The molecule has 3 atom stereocenters. The number of Topliss-reactive ketones (excluding diaryl/α,β-unsaturated/α-hetero) is 2. The first-order valence-electron chi connectivity index (χ1n) is 11.5. The van der Waals surface area contributed by atoms with Crippen LogP contribution in [0.3, 0.4) is 0 Å². The van der Waals surface area contributed by atoms with E-state index < -0.39 is 51.8 Å². The Labute approximate surface area is 219 Å². The summed E-state index contributed by atoms with van der Waals surface area (Å²) in [5.74, 6) is -5.88. The van der Waals surface area contributed by atoms with Crippen molar-refractivity contribution in [1.82, 2.24) is 0 Å². The van der Waals surface area contributed by atoms with Gasteiger partial charge in [-0.05, 0) is 12.1 Å². The second kappa shape index (κ2) is 8.30. The molecule has 0 aromatic heterocycles. The number of imide groups is 1. The number of carbonyl (C=O) groups excluding carboxylic acids is 4. The SMILES string of the molecule is COc1cc([N+](=O)[O-])ccc1N1C(=O)[C@@H]2[C@@H](c3ccccc3Cl)OC3(C(=O)c4ccccc4C3=O)[C@H]2C1=O. The van der Waals surface area contributed by atoms with Crippen molar-refractivity contribution in [3.63, 3.8) is 0 Å². The van der Waals surface area contributed by atoms with Gasteiger partial charge in [0.15, 0.2) is 0 Å². The number of carbonyl (C=O) groups is 4. The molecule has 2 heterocycles. The largest absolute Gasteiger partial charge is 0.494 e. The summed E-state index contributed by atoms with van der Waals surface area (Å²) < 4.78 is 11.5. The molecule has 1 spiro atoms. The molecule has 3 aliphatic rings. The fourth-order valence-electron chi connectivity index (χ4n) is 5.71. The lowest BCUT2D eigenvalue weighted by atomic mass is 9.77. The van der Waals surface area contributed by atoms with Gasteiger partial charge in [0.2, 0.25) is 29.0 Å². The highest BCUT2D eigenvalue weighted by molar-refractivity contribution is 6.37. The minimum Gasteiger partial charge on any atom is -0.494 e. The zero-order chi connectivity index (χ0) is 26.9. The van der Waals surface area contributed by atoms with E-state index in [0.29, 0.717) is 5.56 Å². The molecule has 3 aromatic rings. The summed E-state index contributed by atoms with van der Waals surface area (Å²) in [6.45, 7) is 0. The minimum absolute atomic E-state index is 0.0500. The van der Waals surface area contributed by atoms with Gasteiger partial charge in [-0.25, -0.2) is 4.90 Å². The highest BCUT2D eigenvalue weighted by Crippen LogP contribution is 2.58. The number of ether oxygens (including phenoxy) is 2. The second-order valence-electron chi connectivity index (χ2n) is 9.13. The summed E-state index contributed by atoms with van der Waals surface area (Å²) in [6.07, 6.45) is -1.19. The molecular formula is C27H17ClN2O8. The normalized spacial score (nSPS) is 23.2. The van der Waals surface area contributed by atoms with Crippen LogP contribution in [0.2, 0.25) is 5.02 Å². The van der Waals surface area contributed by atoms with Gasteiger partial charge in [-0.3, -0.25) is 29.3 Å². The molecule has 10 nitrogen and oxygen atoms in total. The Balaban J connectivity index is 1.55. The Kier molecular flexibility index (Phi) is 5.23. The number of anilines is 1. The molecule has 2 saturated heterocycles. The number of hydrogen-bond donors (Lipinski definition) is 0. The molecule has 2 aliphatic heterocycles. The average Bonchev–Trinajstić information content (AvgIpc) is 3.48. The van der Waals surface area contributed by atoms with Gasteiger partial charge in [-0.15, -0.1) is 0 Å². The molecule has 3 aromatic carbocycles. The number of halogens is 1. The van der Waals surface area contributed by atoms with Gasteiger partial charge in [0.05, 0.1) is 41.7 Å². The van der Waals surface area contributed by atoms with Crippen LogP contribution in [0.4, 0.5) is 11.4 Å². The first kappa shape index (κ1) is 24.0. The maximum atomic E-state index is 14.0. The number of fused-ring (bicyclic) bond motifs is 3. The summed E-state index contributed by atoms with van der Waals surface area (Å²) in [7, 11) is 1.24. The minimum atomic E-state index is -2.27. The second-order valence-corrected chi connectivity index (χ2v) is 9.54. The van der Waals surface area contributed by atoms with Crippen LogP contribution in [0.5, 0.6) is 5.75 Å². The Hall–Kier alpha value is -4.41. The van der Waals surface area contributed by atoms with Crippen molar-refractivity contribution in [2.75, 3.05) is 12.0 Å². The van der Waals surface area contributed by atoms with E-state index in [1.165, 1.54) is 25.3 Å². The summed E-state index contributed by atoms with van der Waals surface area (Å²) in [6, 6.07) is 16.1. The van der Waals surface area contributed by atoms with E-state index >= 15 is 0 Å². The third-order valence-corrected chi connectivity index (χ3v) is 7.69. The Morgan fingerprint density at radius 3 is 2.18 bits per heavy atom. The van der Waals surface area contributed by atoms with E-state index in [1.54, 1.807) is 36.4 Å². The predicted molar refractivity (Wildman–Crippen MR) is 132 cm³/mol. The molecule has 0 bridgehead atoms. The number of amides is 2. The number of hydrogen-bond acceptors (Lipinski definition) is 8. The lowest BCUT2D eigenvalue weighted by Crippen LogP contribution is -2.51. The van der Waals surface area contributed by atoms with Crippen molar-refractivity contribution in [2.45, 2.75) is 11.7 Å².